The first-order chi connectivity index (χ1) is 6.39. The van der Waals surface area contributed by atoms with Crippen molar-refractivity contribution in [3.05, 3.63) is 0 Å². The average molecular weight is 215 g/mol. The number of carbonyl (C=O) groups excluding carboxylic acids is 2. The van der Waals surface area contributed by atoms with E-state index in [4.69, 9.17) is 5.26 Å². The monoisotopic (exact) mass is 215 g/mol. The highest BCUT2D eigenvalue weighted by Crippen LogP contribution is 2.20. The molecule has 0 saturated carbocycles. The van der Waals surface area contributed by atoms with E-state index in [2.05, 4.69) is 5.32 Å². The van der Waals surface area contributed by atoms with Crippen LogP contribution in [0.4, 0.5) is 0 Å². The first-order valence-corrected chi connectivity index (χ1v) is 5.09. The molecule has 0 aromatic rings. The first kappa shape index (κ1) is 12.8. The molecule has 78 valence electrons. The van der Waals surface area contributed by atoms with Crippen LogP contribution in [0, 0.1) is 11.3 Å². The Morgan fingerprint density at radius 3 is 2.21 bits per heavy atom. The highest BCUT2D eigenvalue weighted by Gasteiger charge is 2.40. The molecule has 0 aromatic carbocycles. The van der Waals surface area contributed by atoms with Crippen molar-refractivity contribution in [1.29, 1.82) is 5.26 Å². The molecule has 0 saturated heterocycles. The van der Waals surface area contributed by atoms with Crippen molar-refractivity contribution < 1.29 is 9.59 Å². The fourth-order valence-corrected chi connectivity index (χ4v) is 1.57. The summed E-state index contributed by atoms with van der Waals surface area (Å²) >= 11 is 0.998. The topological polar surface area (TPSA) is 73.2 Å². The minimum absolute atomic E-state index is 0.406. The molecule has 0 fully saturated rings. The van der Waals surface area contributed by atoms with Crippen LogP contribution in [0.25, 0.3) is 0 Å². The summed E-state index contributed by atoms with van der Waals surface area (Å²) in [6.45, 7) is 1.27. The first-order valence-electron chi connectivity index (χ1n) is 3.86. The smallest absolute Gasteiger partial charge is 0.273 e. The van der Waals surface area contributed by atoms with Gasteiger partial charge in [0.2, 0.25) is 5.91 Å². The van der Waals surface area contributed by atoms with E-state index in [-0.39, 0.29) is 0 Å². The van der Waals surface area contributed by atoms with Gasteiger partial charge in [-0.05, 0) is 6.26 Å². The SMILES string of the molecule is CSC(C#N)(NC(C)=O)C(=O)N(C)C. The van der Waals surface area contributed by atoms with Crippen molar-refractivity contribution in [3.63, 3.8) is 0 Å². The fraction of sp³-hybridized carbons (Fsp3) is 0.625. The lowest BCUT2D eigenvalue weighted by atomic mass is 10.2. The van der Waals surface area contributed by atoms with Crippen molar-refractivity contribution in [1.82, 2.24) is 10.2 Å². The van der Waals surface area contributed by atoms with E-state index in [1.165, 1.54) is 25.9 Å². The minimum Gasteiger partial charge on any atom is -0.345 e. The standard InChI is InChI=1S/C8H13N3O2S/c1-6(12)10-8(5-9,14-4)7(13)11(2)3/h1-4H3,(H,10,12). The molecule has 2 amide bonds. The molecule has 14 heavy (non-hydrogen) atoms. The zero-order chi connectivity index (χ0) is 11.4. The second kappa shape index (κ2) is 4.86. The fourth-order valence-electron chi connectivity index (χ4n) is 0.876. The van der Waals surface area contributed by atoms with Gasteiger partial charge in [-0.1, -0.05) is 0 Å². The molecule has 0 aliphatic heterocycles. The Balaban J connectivity index is 4.99. The molecule has 1 N–H and O–H groups in total. The molecule has 0 bridgehead atoms. The number of hydrogen-bond donors (Lipinski definition) is 1. The van der Waals surface area contributed by atoms with Gasteiger partial charge in [0.15, 0.2) is 0 Å². The Morgan fingerprint density at radius 2 is 2.00 bits per heavy atom. The van der Waals surface area contributed by atoms with Gasteiger partial charge in [0.05, 0.1) is 0 Å². The second-order valence-corrected chi connectivity index (χ2v) is 3.90. The summed E-state index contributed by atoms with van der Waals surface area (Å²) in [6.07, 6.45) is 1.60. The second-order valence-electron chi connectivity index (χ2n) is 2.88. The number of carbonyl (C=O) groups is 2. The largest absolute Gasteiger partial charge is 0.345 e. The Bertz CT molecular complexity index is 285. The van der Waals surface area contributed by atoms with Crippen LogP contribution in [-0.2, 0) is 9.59 Å². The van der Waals surface area contributed by atoms with Crippen LogP contribution < -0.4 is 5.32 Å². The predicted octanol–water partition coefficient (Wildman–Crippen LogP) is -0.206. The van der Waals surface area contributed by atoms with Gasteiger partial charge in [0.1, 0.15) is 6.07 Å². The van der Waals surface area contributed by atoms with Crippen molar-refractivity contribution in [2.75, 3.05) is 20.4 Å². The molecule has 0 heterocycles. The minimum atomic E-state index is -1.50. The highest BCUT2D eigenvalue weighted by molar-refractivity contribution is 8.01. The number of likely N-dealkylation sites (N-methyl/N-ethyl adjacent to an activating group) is 1. The van der Waals surface area contributed by atoms with E-state index in [0.717, 1.165) is 11.8 Å². The van der Waals surface area contributed by atoms with E-state index >= 15 is 0 Å². The Hall–Kier alpha value is -1.22. The van der Waals surface area contributed by atoms with Crippen molar-refractivity contribution >= 4 is 23.6 Å². The molecule has 1 unspecified atom stereocenters. The number of nitrogens with one attached hydrogen (secondary N) is 1. The van der Waals surface area contributed by atoms with Gasteiger partial charge in [-0.25, -0.2) is 0 Å². The molecule has 6 heteroatoms. The average Bonchev–Trinajstić information content (AvgIpc) is 2.12. The summed E-state index contributed by atoms with van der Waals surface area (Å²) in [6, 6.07) is 1.82. The van der Waals surface area contributed by atoms with E-state index in [1.807, 2.05) is 6.07 Å². The van der Waals surface area contributed by atoms with Crippen LogP contribution in [0.5, 0.6) is 0 Å². The van der Waals surface area contributed by atoms with Crippen molar-refractivity contribution in [2.24, 2.45) is 0 Å². The van der Waals surface area contributed by atoms with Gasteiger partial charge < -0.3 is 10.2 Å². The maximum absolute atomic E-state index is 11.6. The third-order valence-corrected chi connectivity index (χ3v) is 2.50. The number of amides is 2. The van der Waals surface area contributed by atoms with Gasteiger partial charge >= 0.3 is 0 Å². The number of hydrogen-bond acceptors (Lipinski definition) is 4. The summed E-state index contributed by atoms with van der Waals surface area (Å²) < 4.78 is 0. The Kier molecular flexibility index (Phi) is 4.44. The Labute approximate surface area is 87.4 Å². The molecular weight excluding hydrogens is 202 g/mol. The summed E-state index contributed by atoms with van der Waals surface area (Å²) in [7, 11) is 3.07. The molecule has 5 nitrogen and oxygen atoms in total. The maximum atomic E-state index is 11.6. The maximum Gasteiger partial charge on any atom is 0.273 e. The van der Waals surface area contributed by atoms with E-state index in [1.54, 1.807) is 6.26 Å². The normalized spacial score (nSPS) is 13.6. The quantitative estimate of drug-likeness (QED) is 0.661. The lowest BCUT2D eigenvalue weighted by Gasteiger charge is -2.26. The lowest BCUT2D eigenvalue weighted by molar-refractivity contribution is -0.133. The molecular formula is C8H13N3O2S. The third-order valence-electron chi connectivity index (χ3n) is 1.52. The summed E-state index contributed by atoms with van der Waals surface area (Å²) in [5.41, 5.74) is 0. The molecule has 0 spiro atoms. The lowest BCUT2D eigenvalue weighted by Crippen LogP contribution is -2.54. The molecule has 1 atom stereocenters. The number of nitrogens with zero attached hydrogens (tertiary/aromatic N) is 2. The molecule has 0 aromatic heterocycles. The summed E-state index contributed by atoms with van der Waals surface area (Å²) in [5, 5.41) is 11.3. The van der Waals surface area contributed by atoms with Crippen LogP contribution in [0.15, 0.2) is 0 Å². The Morgan fingerprint density at radius 1 is 1.50 bits per heavy atom. The van der Waals surface area contributed by atoms with Gasteiger partial charge in [-0.2, -0.15) is 5.26 Å². The molecule has 0 aliphatic carbocycles. The van der Waals surface area contributed by atoms with Gasteiger partial charge in [-0.3, -0.25) is 9.59 Å². The van der Waals surface area contributed by atoms with Gasteiger partial charge in [0, 0.05) is 21.0 Å². The number of nitriles is 1. The predicted molar refractivity (Wildman–Crippen MR) is 54.4 cm³/mol. The summed E-state index contributed by atoms with van der Waals surface area (Å²) in [5.74, 6) is -0.848. The third kappa shape index (κ3) is 2.64. The van der Waals surface area contributed by atoms with Crippen LogP contribution in [0.2, 0.25) is 0 Å². The zero-order valence-electron chi connectivity index (χ0n) is 8.62. The number of thioether (sulfide) groups is 1. The van der Waals surface area contributed by atoms with E-state index in [9.17, 15) is 9.59 Å². The zero-order valence-corrected chi connectivity index (χ0v) is 9.44. The molecule has 0 radical (unpaired) electrons. The molecule has 0 aliphatic rings. The van der Waals surface area contributed by atoms with Crippen LogP contribution in [0.1, 0.15) is 6.92 Å². The van der Waals surface area contributed by atoms with Crippen LogP contribution in [-0.4, -0.2) is 41.9 Å². The number of rotatable bonds is 3. The van der Waals surface area contributed by atoms with E-state index < -0.39 is 16.7 Å². The van der Waals surface area contributed by atoms with Crippen molar-refractivity contribution in [3.8, 4) is 6.07 Å². The van der Waals surface area contributed by atoms with Crippen LogP contribution >= 0.6 is 11.8 Å². The van der Waals surface area contributed by atoms with Crippen LogP contribution in [0.3, 0.4) is 0 Å². The van der Waals surface area contributed by atoms with Crippen molar-refractivity contribution in [2.45, 2.75) is 11.8 Å². The molecule has 0 rings (SSSR count). The van der Waals surface area contributed by atoms with Gasteiger partial charge in [-0.15, -0.1) is 11.8 Å². The summed E-state index contributed by atoms with van der Waals surface area (Å²) in [4.78, 5) is 22.3. The van der Waals surface area contributed by atoms with Gasteiger partial charge in [0.25, 0.3) is 10.8 Å². The highest BCUT2D eigenvalue weighted by atomic mass is 32.2. The van der Waals surface area contributed by atoms with E-state index in [0.29, 0.717) is 0 Å².